The number of nitrogens with two attached hydrogens (primary N) is 1. The molecule has 16 heavy (non-hydrogen) atoms. The Morgan fingerprint density at radius 1 is 1.50 bits per heavy atom. The van der Waals surface area contributed by atoms with Crippen LogP contribution in [0.2, 0.25) is 0 Å². The number of carboxylic acid groups (broad SMARTS) is 1. The predicted molar refractivity (Wildman–Crippen MR) is 59.0 cm³/mol. The number of aliphatic carboxylic acids is 1. The number of carbonyl (C=O) groups is 2. The van der Waals surface area contributed by atoms with Gasteiger partial charge in [-0.2, -0.15) is 0 Å². The van der Waals surface area contributed by atoms with Gasteiger partial charge in [0.15, 0.2) is 0 Å². The molecule has 3 N–H and O–H groups in total. The van der Waals surface area contributed by atoms with Crippen molar-refractivity contribution in [1.29, 1.82) is 0 Å². The van der Waals surface area contributed by atoms with Crippen LogP contribution in [0.25, 0.3) is 0 Å². The third-order valence-corrected chi connectivity index (χ3v) is 2.12. The lowest BCUT2D eigenvalue weighted by atomic mass is 10.1. The molecule has 0 aromatic rings. The van der Waals surface area contributed by atoms with Crippen LogP contribution in [0.3, 0.4) is 0 Å². The minimum atomic E-state index is -1.05. The van der Waals surface area contributed by atoms with Crippen molar-refractivity contribution in [3.05, 3.63) is 0 Å². The number of nitrogens with zero attached hydrogens (tertiary/aromatic N) is 1. The van der Waals surface area contributed by atoms with E-state index in [-0.39, 0.29) is 19.0 Å². The van der Waals surface area contributed by atoms with Crippen LogP contribution < -0.4 is 5.73 Å². The highest BCUT2D eigenvalue weighted by Crippen LogP contribution is 2.00. The molecule has 0 heterocycles. The van der Waals surface area contributed by atoms with Crippen molar-refractivity contribution in [3.63, 3.8) is 0 Å². The molecule has 94 valence electrons. The van der Waals surface area contributed by atoms with Crippen molar-refractivity contribution in [2.75, 3.05) is 26.8 Å². The van der Waals surface area contributed by atoms with E-state index in [1.807, 2.05) is 6.92 Å². The Bertz CT molecular complexity index is 233. The molecule has 0 aliphatic heterocycles. The van der Waals surface area contributed by atoms with E-state index in [0.29, 0.717) is 13.0 Å². The Balaban J connectivity index is 4.35. The zero-order chi connectivity index (χ0) is 12.6. The first-order valence-electron chi connectivity index (χ1n) is 5.28. The number of carbonyl (C=O) groups excluding carboxylic acids is 1. The van der Waals surface area contributed by atoms with Gasteiger partial charge in [0.25, 0.3) is 0 Å². The maximum absolute atomic E-state index is 11.8. The number of hydrogen-bond donors (Lipinski definition) is 2. The van der Waals surface area contributed by atoms with Gasteiger partial charge in [-0.05, 0) is 6.42 Å². The van der Waals surface area contributed by atoms with Gasteiger partial charge in [-0.3, -0.25) is 9.59 Å². The lowest BCUT2D eigenvalue weighted by molar-refractivity contribution is -0.145. The van der Waals surface area contributed by atoms with Gasteiger partial charge in [0.1, 0.15) is 6.54 Å². The summed E-state index contributed by atoms with van der Waals surface area (Å²) in [6.45, 7) is 2.14. The van der Waals surface area contributed by atoms with E-state index in [1.165, 1.54) is 12.0 Å². The molecule has 1 amide bonds. The molecule has 0 radical (unpaired) electrons. The second-order valence-electron chi connectivity index (χ2n) is 3.54. The molecule has 6 heteroatoms. The van der Waals surface area contributed by atoms with Gasteiger partial charge in [0, 0.05) is 13.7 Å². The normalized spacial score (nSPS) is 12.2. The number of rotatable bonds is 8. The molecule has 0 spiro atoms. The molecule has 0 bridgehead atoms. The molecule has 0 aromatic carbocycles. The Morgan fingerprint density at radius 2 is 2.12 bits per heavy atom. The quantitative estimate of drug-likeness (QED) is 0.598. The fourth-order valence-corrected chi connectivity index (χ4v) is 1.30. The fraction of sp³-hybridized carbons (Fsp3) is 0.800. The first kappa shape index (κ1) is 14.9. The van der Waals surface area contributed by atoms with E-state index in [9.17, 15) is 9.59 Å². The van der Waals surface area contributed by atoms with Crippen LogP contribution in [0.4, 0.5) is 0 Å². The third-order valence-electron chi connectivity index (χ3n) is 2.12. The van der Waals surface area contributed by atoms with E-state index in [1.54, 1.807) is 0 Å². The topological polar surface area (TPSA) is 92.9 Å². The highest BCUT2D eigenvalue weighted by atomic mass is 16.5. The molecular weight excluding hydrogens is 212 g/mol. The molecular formula is C10H20N2O4. The first-order chi connectivity index (χ1) is 7.52. The van der Waals surface area contributed by atoms with Crippen LogP contribution >= 0.6 is 0 Å². The van der Waals surface area contributed by atoms with Gasteiger partial charge in [0.2, 0.25) is 5.91 Å². The smallest absolute Gasteiger partial charge is 0.323 e. The second-order valence-corrected chi connectivity index (χ2v) is 3.54. The summed E-state index contributed by atoms with van der Waals surface area (Å²) in [5.41, 5.74) is 5.65. The highest BCUT2D eigenvalue weighted by molar-refractivity contribution is 5.85. The van der Waals surface area contributed by atoms with Gasteiger partial charge < -0.3 is 20.5 Å². The Hall–Kier alpha value is -1.14. The fourth-order valence-electron chi connectivity index (χ4n) is 1.30. The van der Waals surface area contributed by atoms with Gasteiger partial charge in [-0.1, -0.05) is 13.3 Å². The molecule has 0 saturated carbocycles. The largest absolute Gasteiger partial charge is 0.480 e. The summed E-state index contributed by atoms with van der Waals surface area (Å²) in [5, 5.41) is 8.67. The number of ether oxygens (including phenoxy) is 1. The predicted octanol–water partition coefficient (Wildman–Crippen LogP) is -0.327. The van der Waals surface area contributed by atoms with E-state index in [0.717, 1.165) is 6.42 Å². The van der Waals surface area contributed by atoms with E-state index >= 15 is 0 Å². The van der Waals surface area contributed by atoms with Gasteiger partial charge >= 0.3 is 5.97 Å². The van der Waals surface area contributed by atoms with Gasteiger partial charge in [0.05, 0.1) is 12.6 Å². The van der Waals surface area contributed by atoms with Crippen molar-refractivity contribution < 1.29 is 19.4 Å². The highest BCUT2D eigenvalue weighted by Gasteiger charge is 2.21. The summed E-state index contributed by atoms with van der Waals surface area (Å²) >= 11 is 0. The molecule has 0 fully saturated rings. The van der Waals surface area contributed by atoms with Crippen molar-refractivity contribution in [3.8, 4) is 0 Å². The first-order valence-corrected chi connectivity index (χ1v) is 5.28. The van der Waals surface area contributed by atoms with E-state index in [2.05, 4.69) is 0 Å². The molecule has 1 atom stereocenters. The molecule has 0 aliphatic rings. The molecule has 0 aromatic heterocycles. The number of methoxy groups -OCH3 is 1. The number of carboxylic acids is 1. The van der Waals surface area contributed by atoms with Crippen LogP contribution in [0.1, 0.15) is 19.8 Å². The lowest BCUT2D eigenvalue weighted by Crippen LogP contribution is -2.47. The maximum atomic E-state index is 11.8. The SMILES string of the molecule is CCCC(N)C(=O)N(CCOC)CC(=O)O. The Kier molecular flexibility index (Phi) is 7.49. The third kappa shape index (κ3) is 5.67. The minimum absolute atomic E-state index is 0.249. The summed E-state index contributed by atoms with van der Waals surface area (Å²) in [4.78, 5) is 23.6. The summed E-state index contributed by atoms with van der Waals surface area (Å²) in [7, 11) is 1.50. The summed E-state index contributed by atoms with van der Waals surface area (Å²) in [6, 6.07) is -0.624. The zero-order valence-corrected chi connectivity index (χ0v) is 9.81. The number of hydrogen-bond acceptors (Lipinski definition) is 4. The Morgan fingerprint density at radius 3 is 2.56 bits per heavy atom. The molecule has 0 saturated heterocycles. The summed E-state index contributed by atoms with van der Waals surface area (Å²) in [5.74, 6) is -1.38. The molecule has 1 unspecified atom stereocenters. The van der Waals surface area contributed by atoms with Gasteiger partial charge in [-0.25, -0.2) is 0 Å². The average Bonchev–Trinajstić information content (AvgIpc) is 2.23. The van der Waals surface area contributed by atoms with Crippen LogP contribution in [0, 0.1) is 0 Å². The molecule has 0 rings (SSSR count). The van der Waals surface area contributed by atoms with Crippen LogP contribution in [-0.2, 0) is 14.3 Å². The second kappa shape index (κ2) is 8.06. The van der Waals surface area contributed by atoms with E-state index < -0.39 is 12.0 Å². The van der Waals surface area contributed by atoms with E-state index in [4.69, 9.17) is 15.6 Å². The van der Waals surface area contributed by atoms with Crippen LogP contribution in [0.15, 0.2) is 0 Å². The van der Waals surface area contributed by atoms with Gasteiger partial charge in [-0.15, -0.1) is 0 Å². The van der Waals surface area contributed by atoms with Crippen molar-refractivity contribution in [2.24, 2.45) is 5.73 Å². The zero-order valence-electron chi connectivity index (χ0n) is 9.81. The van der Waals surface area contributed by atoms with Crippen LogP contribution in [0.5, 0.6) is 0 Å². The monoisotopic (exact) mass is 232 g/mol. The summed E-state index contributed by atoms with van der Waals surface area (Å²) < 4.78 is 4.82. The molecule has 0 aliphatic carbocycles. The minimum Gasteiger partial charge on any atom is -0.480 e. The molecule has 6 nitrogen and oxygen atoms in total. The number of amides is 1. The van der Waals surface area contributed by atoms with Crippen molar-refractivity contribution >= 4 is 11.9 Å². The standard InChI is InChI=1S/C10H20N2O4/c1-3-4-8(11)10(15)12(5-6-16-2)7-9(13)14/h8H,3-7,11H2,1-2H3,(H,13,14). The maximum Gasteiger partial charge on any atom is 0.323 e. The van der Waals surface area contributed by atoms with Crippen LogP contribution in [-0.4, -0.2) is 54.7 Å². The lowest BCUT2D eigenvalue weighted by Gasteiger charge is -2.23. The summed E-state index contributed by atoms with van der Waals surface area (Å²) in [6.07, 6.45) is 1.35. The van der Waals surface area contributed by atoms with Crippen molar-refractivity contribution in [1.82, 2.24) is 4.90 Å². The van der Waals surface area contributed by atoms with Crippen molar-refractivity contribution in [2.45, 2.75) is 25.8 Å². The Labute approximate surface area is 95.4 Å². The average molecular weight is 232 g/mol.